The van der Waals surface area contributed by atoms with Gasteiger partial charge in [0.1, 0.15) is 6.10 Å². The van der Waals surface area contributed by atoms with E-state index in [0.29, 0.717) is 17.9 Å². The Morgan fingerprint density at radius 2 is 2.10 bits per heavy atom. The fourth-order valence-corrected chi connectivity index (χ4v) is 3.48. The molecule has 0 aromatic carbocycles. The minimum Gasteiger partial charge on any atom is -0.390 e. The monoisotopic (exact) mass is 290 g/mol. The predicted molar refractivity (Wildman–Crippen MR) is 74.6 cm³/mol. The molecule has 2 aromatic rings. The van der Waals surface area contributed by atoms with E-state index in [1.165, 1.54) is 0 Å². The molecule has 7 heteroatoms. The van der Waals surface area contributed by atoms with E-state index < -0.39 is 11.9 Å². The van der Waals surface area contributed by atoms with Crippen LogP contribution in [0.25, 0.3) is 5.65 Å². The number of rotatable bonds is 1. The number of nitrogen functional groups attached to an aromatic ring is 1. The fourth-order valence-electron chi connectivity index (χ4n) is 3.48. The highest BCUT2D eigenvalue weighted by Gasteiger charge is 2.54. The maximum atomic E-state index is 10.3. The van der Waals surface area contributed by atoms with Crippen molar-refractivity contribution in [2.45, 2.75) is 50.3 Å². The zero-order chi connectivity index (χ0) is 14.8. The molecule has 2 fully saturated rings. The molecule has 112 valence electrons. The van der Waals surface area contributed by atoms with Crippen molar-refractivity contribution in [2.24, 2.45) is 0 Å². The van der Waals surface area contributed by atoms with E-state index in [1.54, 1.807) is 12.4 Å². The molecule has 1 aliphatic heterocycles. The lowest BCUT2D eigenvalue weighted by atomic mass is 10.0. The number of fused-ring (bicyclic) bond motifs is 2. The first-order valence-electron chi connectivity index (χ1n) is 7.07. The van der Waals surface area contributed by atoms with E-state index in [0.717, 1.165) is 5.69 Å². The molecule has 2 aliphatic rings. The van der Waals surface area contributed by atoms with Crippen LogP contribution in [0, 0.1) is 0 Å². The number of aliphatic hydroxyl groups is 1. The van der Waals surface area contributed by atoms with Crippen LogP contribution >= 0.6 is 0 Å². The Kier molecular flexibility index (Phi) is 2.57. The molecule has 0 spiro atoms. The van der Waals surface area contributed by atoms with Crippen molar-refractivity contribution in [2.75, 3.05) is 5.73 Å². The van der Waals surface area contributed by atoms with Gasteiger partial charge in [-0.25, -0.2) is 9.97 Å². The molecular formula is C14H18N4O3. The maximum Gasteiger partial charge on any atom is 0.180 e. The highest BCUT2D eigenvalue weighted by atomic mass is 16.8. The fraction of sp³-hybridized carbons (Fsp3) is 0.571. The Morgan fingerprint density at radius 1 is 1.33 bits per heavy atom. The number of aliphatic hydroxyl groups excluding tert-OH is 1. The third kappa shape index (κ3) is 1.85. The molecule has 7 nitrogen and oxygen atoms in total. The molecule has 3 heterocycles. The smallest absolute Gasteiger partial charge is 0.180 e. The number of nitrogens with zero attached hydrogens (tertiary/aromatic N) is 3. The van der Waals surface area contributed by atoms with Gasteiger partial charge in [-0.2, -0.15) is 0 Å². The van der Waals surface area contributed by atoms with Crippen LogP contribution in [-0.2, 0) is 9.47 Å². The Bertz CT molecular complexity index is 699. The number of imidazole rings is 1. The van der Waals surface area contributed by atoms with E-state index in [2.05, 4.69) is 9.97 Å². The number of nitrogens with two attached hydrogens (primary N) is 1. The van der Waals surface area contributed by atoms with Gasteiger partial charge < -0.3 is 20.3 Å². The lowest BCUT2D eigenvalue weighted by molar-refractivity contribution is -0.163. The summed E-state index contributed by atoms with van der Waals surface area (Å²) in [6.45, 7) is 3.73. The molecule has 3 N–H and O–H groups in total. The first-order chi connectivity index (χ1) is 9.96. The summed E-state index contributed by atoms with van der Waals surface area (Å²) in [5.74, 6) is -0.262. The summed E-state index contributed by atoms with van der Waals surface area (Å²) in [5.41, 5.74) is 7.44. The topological polar surface area (TPSA) is 94.9 Å². The van der Waals surface area contributed by atoms with E-state index in [4.69, 9.17) is 15.2 Å². The van der Waals surface area contributed by atoms with Gasteiger partial charge in [-0.05, 0) is 20.3 Å². The number of aromatic nitrogens is 3. The van der Waals surface area contributed by atoms with Crippen LogP contribution in [0.3, 0.4) is 0 Å². The van der Waals surface area contributed by atoms with Crippen LogP contribution in [0.2, 0.25) is 0 Å². The van der Waals surface area contributed by atoms with E-state index in [9.17, 15) is 5.11 Å². The van der Waals surface area contributed by atoms with Gasteiger partial charge >= 0.3 is 0 Å². The van der Waals surface area contributed by atoms with Crippen LogP contribution < -0.4 is 5.73 Å². The number of anilines is 1. The van der Waals surface area contributed by atoms with Gasteiger partial charge in [-0.3, -0.25) is 4.40 Å². The van der Waals surface area contributed by atoms with Gasteiger partial charge in [-0.15, -0.1) is 0 Å². The van der Waals surface area contributed by atoms with Gasteiger partial charge in [0, 0.05) is 30.2 Å². The largest absolute Gasteiger partial charge is 0.390 e. The standard InChI is InChI=1S/C14H18N4O3/c1-14(2)20-10-7(5-9(19)11(10)21-14)8-6-17-13-12(15)16-3-4-18(8)13/h3-4,6-7,9-11,19H,5H2,1-2H3,(H2,15,16)/t7-,9-,10-,11+/m0/s1. The molecular weight excluding hydrogens is 272 g/mol. The Morgan fingerprint density at radius 3 is 2.90 bits per heavy atom. The SMILES string of the molecule is CC1(C)O[C@@H]2[C@H](O1)[C@@H](O)C[C@H]2c1cnc2c(N)nccn12. The number of hydrogen-bond donors (Lipinski definition) is 2. The molecule has 1 saturated heterocycles. The van der Waals surface area contributed by atoms with Crippen LogP contribution in [0.1, 0.15) is 31.9 Å². The van der Waals surface area contributed by atoms with Crippen LogP contribution in [0.4, 0.5) is 5.82 Å². The zero-order valence-electron chi connectivity index (χ0n) is 11.9. The summed E-state index contributed by atoms with van der Waals surface area (Å²) in [6, 6.07) is 0. The van der Waals surface area contributed by atoms with E-state index in [-0.39, 0.29) is 18.1 Å². The Labute approximate surface area is 121 Å². The van der Waals surface area contributed by atoms with Crippen molar-refractivity contribution in [3.05, 3.63) is 24.3 Å². The third-order valence-electron chi connectivity index (χ3n) is 4.30. The maximum absolute atomic E-state index is 10.3. The van der Waals surface area contributed by atoms with Gasteiger partial charge in [0.2, 0.25) is 0 Å². The summed E-state index contributed by atoms with van der Waals surface area (Å²) < 4.78 is 13.7. The lowest BCUT2D eigenvalue weighted by Crippen LogP contribution is -2.28. The molecule has 0 amide bonds. The Hall–Kier alpha value is -1.70. The van der Waals surface area contributed by atoms with Crippen molar-refractivity contribution in [3.8, 4) is 0 Å². The van der Waals surface area contributed by atoms with Crippen LogP contribution in [0.15, 0.2) is 18.6 Å². The van der Waals surface area contributed by atoms with Crippen molar-refractivity contribution < 1.29 is 14.6 Å². The summed E-state index contributed by atoms with van der Waals surface area (Å²) in [7, 11) is 0. The molecule has 2 aromatic heterocycles. The van der Waals surface area contributed by atoms with E-state index >= 15 is 0 Å². The Balaban J connectivity index is 1.77. The van der Waals surface area contributed by atoms with Gasteiger partial charge in [0.25, 0.3) is 0 Å². The molecule has 21 heavy (non-hydrogen) atoms. The average Bonchev–Trinajstić information content (AvgIpc) is 3.04. The molecule has 0 radical (unpaired) electrons. The average molecular weight is 290 g/mol. The van der Waals surface area contributed by atoms with Crippen molar-refractivity contribution in [1.82, 2.24) is 14.4 Å². The molecule has 1 saturated carbocycles. The van der Waals surface area contributed by atoms with Crippen LogP contribution in [0.5, 0.6) is 0 Å². The molecule has 1 aliphatic carbocycles. The van der Waals surface area contributed by atoms with Gasteiger partial charge in [0.05, 0.1) is 12.2 Å². The summed E-state index contributed by atoms with van der Waals surface area (Å²) in [5, 5.41) is 10.3. The highest BCUT2D eigenvalue weighted by Crippen LogP contribution is 2.46. The third-order valence-corrected chi connectivity index (χ3v) is 4.30. The molecule has 0 unspecified atom stereocenters. The van der Waals surface area contributed by atoms with E-state index in [1.807, 2.05) is 24.4 Å². The normalized spacial score (nSPS) is 34.4. The highest BCUT2D eigenvalue weighted by molar-refractivity contribution is 5.60. The summed E-state index contributed by atoms with van der Waals surface area (Å²) in [4.78, 5) is 8.38. The summed E-state index contributed by atoms with van der Waals surface area (Å²) in [6.07, 6.45) is 4.83. The molecule has 0 bridgehead atoms. The van der Waals surface area contributed by atoms with Crippen LogP contribution in [-0.4, -0.2) is 43.6 Å². The minimum atomic E-state index is -0.671. The zero-order valence-corrected chi connectivity index (χ0v) is 11.9. The first-order valence-corrected chi connectivity index (χ1v) is 7.07. The van der Waals surface area contributed by atoms with Crippen molar-refractivity contribution in [1.29, 1.82) is 0 Å². The number of hydrogen-bond acceptors (Lipinski definition) is 6. The van der Waals surface area contributed by atoms with Crippen molar-refractivity contribution >= 4 is 11.5 Å². The first kappa shape index (κ1) is 13.0. The molecule has 4 rings (SSSR count). The minimum absolute atomic E-state index is 0.0172. The molecule has 4 atom stereocenters. The van der Waals surface area contributed by atoms with Gasteiger partial charge in [0.15, 0.2) is 17.3 Å². The predicted octanol–water partition coefficient (Wildman–Crippen LogP) is 0.680. The van der Waals surface area contributed by atoms with Crippen molar-refractivity contribution in [3.63, 3.8) is 0 Å². The number of ether oxygens (including phenoxy) is 2. The lowest BCUT2D eigenvalue weighted by Gasteiger charge is -2.22. The quantitative estimate of drug-likeness (QED) is 0.802. The summed E-state index contributed by atoms with van der Waals surface area (Å²) >= 11 is 0. The second-order valence-corrected chi connectivity index (χ2v) is 6.16. The second-order valence-electron chi connectivity index (χ2n) is 6.16. The van der Waals surface area contributed by atoms with Gasteiger partial charge in [-0.1, -0.05) is 0 Å². The second kappa shape index (κ2) is 4.16.